The summed E-state index contributed by atoms with van der Waals surface area (Å²) in [6, 6.07) is 12.2. The number of H-pyrrole nitrogens is 2. The fourth-order valence-corrected chi connectivity index (χ4v) is 9.51. The summed E-state index contributed by atoms with van der Waals surface area (Å²) in [5.74, 6) is 5.38. The van der Waals surface area contributed by atoms with Crippen molar-refractivity contribution in [1.29, 1.82) is 0 Å². The maximum absolute atomic E-state index is 6.25. The van der Waals surface area contributed by atoms with Gasteiger partial charge in [0.2, 0.25) is 11.9 Å². The molecule has 20 heteroatoms. The summed E-state index contributed by atoms with van der Waals surface area (Å²) in [6.07, 6.45) is 5.65. The zero-order valence-corrected chi connectivity index (χ0v) is 40.5. The standard InChI is InChI=1S/C25H27N7O2.C16H14ClN5O2.C8H13N3/c1-5-32-15(8-18(30-32)14-6-7-14)9-20-23-16-11-21(33-4)17(22-12(2)31-34-13(22)3)10-19(16)27-24(23)29-25(26)28-20;1-6-12(7(2)24-22-6)9-4-10-8(5-11(9)23-3)13-14(17)20-16(18)21-15(13)19-10;1-2-11-8(9)5-7(10-11)6-3-4-6/h8,10-11,14H,5-7,9H2,1-4H3,(H3,26,27,28,29);4-5H,1-3H3,(H3,18,19,20,21);5-6H,2-4,9H2,1H3. The van der Waals surface area contributed by atoms with E-state index in [1.54, 1.807) is 14.2 Å². The number of aryl methyl sites for hydroxylation is 6. The number of fused-ring (bicyclic) bond motifs is 6. The number of benzene rings is 2. The number of halogens is 1. The van der Waals surface area contributed by atoms with Gasteiger partial charge in [-0.25, -0.2) is 9.97 Å². The molecule has 8 aromatic heterocycles. The lowest BCUT2D eigenvalue weighted by atomic mass is 10.00. The highest BCUT2D eigenvalue weighted by molar-refractivity contribution is 6.36. The highest BCUT2D eigenvalue weighted by Gasteiger charge is 2.29. The lowest BCUT2D eigenvalue weighted by Gasteiger charge is -2.10. The Morgan fingerprint density at radius 1 is 0.652 bits per heavy atom. The molecule has 0 radical (unpaired) electrons. The minimum Gasteiger partial charge on any atom is -0.496 e. The van der Waals surface area contributed by atoms with Crippen LogP contribution in [0.2, 0.25) is 5.15 Å². The summed E-state index contributed by atoms with van der Waals surface area (Å²) in [7, 11) is 3.29. The zero-order chi connectivity index (χ0) is 48.4. The molecule has 2 aliphatic carbocycles. The first-order valence-corrected chi connectivity index (χ1v) is 23.4. The number of nitrogens with two attached hydrogens (primary N) is 3. The Labute approximate surface area is 401 Å². The number of nitrogen functional groups attached to an aromatic ring is 3. The maximum atomic E-state index is 6.25. The Morgan fingerprint density at radius 2 is 1.14 bits per heavy atom. The molecule has 2 aromatic carbocycles. The molecule has 0 amide bonds. The van der Waals surface area contributed by atoms with E-state index in [9.17, 15) is 0 Å². The minimum absolute atomic E-state index is 0.122. The van der Waals surface area contributed by atoms with Gasteiger partial charge < -0.3 is 45.7 Å². The van der Waals surface area contributed by atoms with E-state index in [1.807, 2.05) is 56.6 Å². The second kappa shape index (κ2) is 17.8. The Hall–Kier alpha value is -7.67. The lowest BCUT2D eigenvalue weighted by molar-refractivity contribution is 0.393. The van der Waals surface area contributed by atoms with Crippen molar-refractivity contribution in [2.24, 2.45) is 0 Å². The van der Waals surface area contributed by atoms with Gasteiger partial charge in [0, 0.05) is 81.4 Å². The summed E-state index contributed by atoms with van der Waals surface area (Å²) in [5.41, 5.74) is 30.2. The number of nitrogens with one attached hydrogen (secondary N) is 2. The van der Waals surface area contributed by atoms with Crippen LogP contribution in [0, 0.1) is 27.7 Å². The first-order chi connectivity index (χ1) is 33.3. The van der Waals surface area contributed by atoms with E-state index in [2.05, 4.69) is 76.0 Å². The molecule has 0 spiro atoms. The number of aromatic amines is 2. The highest BCUT2D eigenvalue weighted by Crippen LogP contribution is 2.44. The van der Waals surface area contributed by atoms with Crippen LogP contribution in [0.3, 0.4) is 0 Å². The number of hydrogen-bond acceptors (Lipinski definition) is 15. The number of anilines is 3. The van der Waals surface area contributed by atoms with Crippen LogP contribution < -0.4 is 26.7 Å². The van der Waals surface area contributed by atoms with Crippen LogP contribution in [-0.2, 0) is 19.5 Å². The number of hydrogen-bond donors (Lipinski definition) is 5. The van der Waals surface area contributed by atoms with E-state index in [1.165, 1.54) is 37.1 Å². The van der Waals surface area contributed by atoms with Crippen molar-refractivity contribution in [3.8, 4) is 33.8 Å². The van der Waals surface area contributed by atoms with Gasteiger partial charge in [-0.15, -0.1) is 0 Å². The first kappa shape index (κ1) is 45.1. The molecule has 0 aliphatic heterocycles. The lowest BCUT2D eigenvalue weighted by Crippen LogP contribution is -2.06. The molecule has 2 saturated carbocycles. The van der Waals surface area contributed by atoms with Gasteiger partial charge in [0.25, 0.3) is 0 Å². The molecule has 0 atom stereocenters. The molecule has 0 unspecified atom stereocenters. The van der Waals surface area contributed by atoms with E-state index in [0.717, 1.165) is 108 Å². The molecule has 0 bridgehead atoms. The van der Waals surface area contributed by atoms with Gasteiger partial charge >= 0.3 is 0 Å². The number of ether oxygens (including phenoxy) is 2. The normalized spacial score (nSPS) is 13.6. The Balaban J connectivity index is 0.000000136. The third-order valence-electron chi connectivity index (χ3n) is 12.9. The van der Waals surface area contributed by atoms with Crippen molar-refractivity contribution in [2.45, 2.75) is 98.6 Å². The van der Waals surface area contributed by atoms with Gasteiger partial charge in [-0.2, -0.15) is 20.2 Å². The SMILES string of the molecule is CCn1nc(C2CC2)cc1Cc1nc(N)nc2[nH]c3cc(-c4c(C)noc4C)c(OC)cc3c12.CCn1nc(C2CC2)cc1N.COc1cc2c(cc1-c1c(C)noc1C)[nH]c1nc(N)nc(Cl)c12. The van der Waals surface area contributed by atoms with E-state index in [4.69, 9.17) is 52.4 Å². The predicted molar refractivity (Wildman–Crippen MR) is 267 cm³/mol. The van der Waals surface area contributed by atoms with E-state index >= 15 is 0 Å². The molecular formula is C49H54ClN15O4. The van der Waals surface area contributed by atoms with Crippen LogP contribution in [0.4, 0.5) is 17.7 Å². The highest BCUT2D eigenvalue weighted by atomic mass is 35.5. The molecule has 10 aromatic rings. The summed E-state index contributed by atoms with van der Waals surface area (Å²) >= 11 is 6.25. The van der Waals surface area contributed by atoms with Crippen molar-refractivity contribution in [3.63, 3.8) is 0 Å². The molecule has 0 saturated heterocycles. The predicted octanol–water partition coefficient (Wildman–Crippen LogP) is 9.65. The summed E-state index contributed by atoms with van der Waals surface area (Å²) < 4.78 is 26.0. The van der Waals surface area contributed by atoms with E-state index in [-0.39, 0.29) is 11.9 Å². The van der Waals surface area contributed by atoms with Crippen LogP contribution in [0.25, 0.3) is 66.1 Å². The Kier molecular flexibility index (Phi) is 11.6. The Morgan fingerprint density at radius 3 is 1.62 bits per heavy atom. The molecule has 8 N–H and O–H groups in total. The third-order valence-corrected chi connectivity index (χ3v) is 13.1. The number of rotatable bonds is 10. The minimum atomic E-state index is 0.122. The maximum Gasteiger partial charge on any atom is 0.223 e. The fourth-order valence-electron chi connectivity index (χ4n) is 9.23. The monoisotopic (exact) mass is 951 g/mol. The Bertz CT molecular complexity index is 3530. The van der Waals surface area contributed by atoms with Gasteiger partial charge in [-0.3, -0.25) is 9.36 Å². The quantitative estimate of drug-likeness (QED) is 0.0799. The summed E-state index contributed by atoms with van der Waals surface area (Å²) in [4.78, 5) is 24.1. The smallest absolute Gasteiger partial charge is 0.223 e. The van der Waals surface area contributed by atoms with Crippen molar-refractivity contribution >= 4 is 73.2 Å². The summed E-state index contributed by atoms with van der Waals surface area (Å²) in [6.45, 7) is 13.5. The number of methoxy groups -OCH3 is 2. The van der Waals surface area contributed by atoms with Crippen LogP contribution in [0.5, 0.6) is 11.5 Å². The molecular weight excluding hydrogens is 898 g/mol. The van der Waals surface area contributed by atoms with Crippen molar-refractivity contribution in [3.05, 3.63) is 87.2 Å². The molecule has 2 aliphatic rings. The van der Waals surface area contributed by atoms with Gasteiger partial charge in [-0.1, -0.05) is 21.9 Å². The van der Waals surface area contributed by atoms with Crippen LogP contribution in [0.15, 0.2) is 45.4 Å². The van der Waals surface area contributed by atoms with Gasteiger partial charge in [0.1, 0.15) is 45.3 Å². The second-order valence-corrected chi connectivity index (χ2v) is 18.0. The average Bonchev–Trinajstić information content (AvgIpc) is 4.11. The van der Waals surface area contributed by atoms with Crippen molar-refractivity contribution < 1.29 is 18.5 Å². The molecule has 19 nitrogen and oxygen atoms in total. The molecule has 2 fully saturated rings. The summed E-state index contributed by atoms with van der Waals surface area (Å²) in [5, 5.41) is 21.1. The van der Waals surface area contributed by atoms with Crippen molar-refractivity contribution in [2.75, 3.05) is 31.4 Å². The fraction of sp³-hybridized carbons (Fsp3) is 0.347. The molecule has 69 heavy (non-hydrogen) atoms. The molecule has 8 heterocycles. The number of aromatic nitrogens is 12. The molecule has 356 valence electrons. The second-order valence-electron chi connectivity index (χ2n) is 17.6. The van der Waals surface area contributed by atoms with Crippen molar-refractivity contribution in [1.82, 2.24) is 59.8 Å². The van der Waals surface area contributed by atoms with E-state index < -0.39 is 0 Å². The third kappa shape index (κ3) is 8.40. The van der Waals surface area contributed by atoms with Crippen LogP contribution >= 0.6 is 11.6 Å². The largest absolute Gasteiger partial charge is 0.496 e. The van der Waals surface area contributed by atoms with Crippen LogP contribution in [-0.4, -0.2) is 74.0 Å². The average molecular weight is 953 g/mol. The number of nitrogens with zero attached hydrogens (tertiary/aromatic N) is 10. The zero-order valence-electron chi connectivity index (χ0n) is 39.8. The van der Waals surface area contributed by atoms with Gasteiger partial charge in [-0.05, 0) is 97.6 Å². The van der Waals surface area contributed by atoms with Gasteiger partial charge in [0.05, 0.1) is 59.2 Å². The van der Waals surface area contributed by atoms with E-state index in [0.29, 0.717) is 45.8 Å². The topological polar surface area (TPSA) is 267 Å². The van der Waals surface area contributed by atoms with Gasteiger partial charge in [0.15, 0.2) is 0 Å². The first-order valence-electron chi connectivity index (χ1n) is 23.0. The molecule has 12 rings (SSSR count). The van der Waals surface area contributed by atoms with Crippen LogP contribution in [0.1, 0.15) is 97.1 Å².